The van der Waals surface area contributed by atoms with Gasteiger partial charge in [0.25, 0.3) is 0 Å². The van der Waals surface area contributed by atoms with E-state index in [9.17, 15) is 0 Å². The van der Waals surface area contributed by atoms with Crippen molar-refractivity contribution < 1.29 is 4.42 Å². The van der Waals surface area contributed by atoms with Gasteiger partial charge in [0.05, 0.1) is 24.2 Å². The van der Waals surface area contributed by atoms with Gasteiger partial charge in [0.15, 0.2) is 5.16 Å². The highest BCUT2D eigenvalue weighted by molar-refractivity contribution is 7.98. The largest absolute Gasteiger partial charge is 0.467 e. The summed E-state index contributed by atoms with van der Waals surface area (Å²) in [5.41, 5.74) is 2.07. The molecule has 0 radical (unpaired) electrons. The molecule has 0 aliphatic carbocycles. The fourth-order valence-electron chi connectivity index (χ4n) is 3.71. The topological polar surface area (TPSA) is 64.9 Å². The molecule has 1 aliphatic heterocycles. The molecule has 0 unspecified atom stereocenters. The third-order valence-corrected chi connectivity index (χ3v) is 6.24. The minimum absolute atomic E-state index is 0.632. The van der Waals surface area contributed by atoms with Crippen LogP contribution in [0.5, 0.6) is 0 Å². The first-order valence-corrected chi connectivity index (χ1v) is 11.3. The lowest BCUT2D eigenvalue weighted by atomic mass is 10.1. The van der Waals surface area contributed by atoms with Gasteiger partial charge in [-0.15, -0.1) is 10.2 Å². The first-order valence-electron chi connectivity index (χ1n) is 10.3. The van der Waals surface area contributed by atoms with E-state index in [1.54, 1.807) is 18.0 Å². The van der Waals surface area contributed by atoms with E-state index in [4.69, 9.17) is 9.52 Å². The normalized spacial score (nSPS) is 14.3. The van der Waals surface area contributed by atoms with Crippen LogP contribution in [0.2, 0.25) is 0 Å². The first kappa shape index (κ1) is 19.0. The number of furan rings is 1. The summed E-state index contributed by atoms with van der Waals surface area (Å²) in [5, 5.41) is 14.6. The number of rotatable bonds is 7. The summed E-state index contributed by atoms with van der Waals surface area (Å²) in [6.07, 6.45) is 7.40. The minimum Gasteiger partial charge on any atom is -0.467 e. The van der Waals surface area contributed by atoms with E-state index in [1.807, 2.05) is 41.2 Å². The van der Waals surface area contributed by atoms with Gasteiger partial charge >= 0.3 is 0 Å². The molecule has 1 fully saturated rings. The lowest BCUT2D eigenvalue weighted by Crippen LogP contribution is -2.32. The second-order valence-corrected chi connectivity index (χ2v) is 8.31. The highest BCUT2D eigenvalue weighted by Crippen LogP contribution is 2.27. The summed E-state index contributed by atoms with van der Waals surface area (Å²) in [6, 6.07) is 16.1. The van der Waals surface area contributed by atoms with Gasteiger partial charge in [-0.25, -0.2) is 4.68 Å². The average Bonchev–Trinajstić information content (AvgIpc) is 3.56. The molecule has 1 saturated heterocycles. The van der Waals surface area contributed by atoms with Crippen molar-refractivity contribution in [2.24, 2.45) is 0 Å². The van der Waals surface area contributed by atoms with Crippen molar-refractivity contribution in [2.45, 2.75) is 36.7 Å². The molecular weight excluding hydrogens is 396 g/mol. The number of hydrogen-bond donors (Lipinski definition) is 0. The number of thioether (sulfide) groups is 1. The maximum absolute atomic E-state index is 5.60. The van der Waals surface area contributed by atoms with Gasteiger partial charge in [-0.05, 0) is 49.6 Å². The highest BCUT2D eigenvalue weighted by Gasteiger charge is 2.21. The summed E-state index contributed by atoms with van der Waals surface area (Å²) < 4.78 is 9.67. The molecule has 5 rings (SSSR count). The number of hydrogen-bond acceptors (Lipinski definition) is 6. The van der Waals surface area contributed by atoms with Gasteiger partial charge in [0.2, 0.25) is 5.95 Å². The van der Waals surface area contributed by atoms with E-state index >= 15 is 0 Å². The minimum atomic E-state index is 0.632. The molecule has 4 aromatic rings. The Labute approximate surface area is 179 Å². The standard InChI is InChI=1S/C22H24N6OS/c1-3-8-19(9-4-1)28-14-11-18(25-28)17-30-22-24-23-21(26-12-5-2-6-13-26)27(22)16-20-10-7-15-29-20/h1,3-4,7-11,14-15H,2,5-6,12-13,16-17H2. The van der Waals surface area contributed by atoms with Crippen molar-refractivity contribution in [2.75, 3.05) is 18.0 Å². The van der Waals surface area contributed by atoms with E-state index in [2.05, 4.69) is 37.9 Å². The molecule has 0 atom stereocenters. The van der Waals surface area contributed by atoms with Crippen LogP contribution in [0.4, 0.5) is 5.95 Å². The fourth-order valence-corrected chi connectivity index (χ4v) is 4.55. The molecule has 0 spiro atoms. The van der Waals surface area contributed by atoms with Gasteiger partial charge in [-0.3, -0.25) is 4.57 Å². The Balaban J connectivity index is 1.35. The third kappa shape index (κ3) is 4.14. The van der Waals surface area contributed by atoms with Gasteiger partial charge in [-0.1, -0.05) is 30.0 Å². The smallest absolute Gasteiger partial charge is 0.228 e. The zero-order valence-corrected chi connectivity index (χ0v) is 17.5. The molecule has 1 aromatic carbocycles. The molecule has 0 saturated carbocycles. The molecular formula is C22H24N6OS. The van der Waals surface area contributed by atoms with Crippen molar-refractivity contribution in [3.05, 3.63) is 72.4 Å². The molecule has 1 aliphatic rings. The zero-order chi connectivity index (χ0) is 20.2. The Bertz CT molecular complexity index is 1070. The monoisotopic (exact) mass is 420 g/mol. The number of piperidine rings is 1. The zero-order valence-electron chi connectivity index (χ0n) is 16.7. The summed E-state index contributed by atoms with van der Waals surface area (Å²) in [5.74, 6) is 2.57. The van der Waals surface area contributed by atoms with E-state index in [1.165, 1.54) is 19.3 Å². The molecule has 0 amide bonds. The third-order valence-electron chi connectivity index (χ3n) is 5.24. The van der Waals surface area contributed by atoms with Crippen molar-refractivity contribution in [1.82, 2.24) is 24.5 Å². The number of nitrogens with zero attached hydrogens (tertiary/aromatic N) is 6. The van der Waals surface area contributed by atoms with Gasteiger partial charge < -0.3 is 9.32 Å². The molecule has 30 heavy (non-hydrogen) atoms. The van der Waals surface area contributed by atoms with Crippen LogP contribution in [0.25, 0.3) is 5.69 Å². The lowest BCUT2D eigenvalue weighted by Gasteiger charge is -2.27. The molecule has 8 heteroatoms. The SMILES string of the molecule is c1ccc(-n2ccc(CSc3nnc(N4CCCCC4)n3Cc3ccco3)n2)cc1. The van der Waals surface area contributed by atoms with Crippen LogP contribution in [-0.4, -0.2) is 37.6 Å². The Kier molecular flexibility index (Phi) is 5.56. The van der Waals surface area contributed by atoms with Gasteiger partial charge in [0, 0.05) is 25.0 Å². The second-order valence-electron chi connectivity index (χ2n) is 7.37. The van der Waals surface area contributed by atoms with Crippen LogP contribution in [0.1, 0.15) is 30.7 Å². The maximum Gasteiger partial charge on any atom is 0.228 e. The van der Waals surface area contributed by atoms with E-state index in [0.29, 0.717) is 6.54 Å². The number of aromatic nitrogens is 5. The van der Waals surface area contributed by atoms with Crippen LogP contribution >= 0.6 is 11.8 Å². The predicted molar refractivity (Wildman–Crippen MR) is 117 cm³/mol. The van der Waals surface area contributed by atoms with Crippen LogP contribution in [-0.2, 0) is 12.3 Å². The Hall–Kier alpha value is -3.00. The Morgan fingerprint density at radius 1 is 0.933 bits per heavy atom. The maximum atomic E-state index is 5.60. The van der Waals surface area contributed by atoms with Crippen molar-refractivity contribution in [3.8, 4) is 5.69 Å². The second kappa shape index (κ2) is 8.79. The van der Waals surface area contributed by atoms with Gasteiger partial charge in [0.1, 0.15) is 5.76 Å². The molecule has 154 valence electrons. The quantitative estimate of drug-likeness (QED) is 0.413. The number of benzene rings is 1. The average molecular weight is 421 g/mol. The van der Waals surface area contributed by atoms with Crippen LogP contribution in [0, 0.1) is 0 Å². The number of anilines is 1. The van der Waals surface area contributed by atoms with E-state index < -0.39 is 0 Å². The van der Waals surface area contributed by atoms with Crippen LogP contribution in [0.15, 0.2) is 70.6 Å². The Morgan fingerprint density at radius 3 is 2.60 bits per heavy atom. The lowest BCUT2D eigenvalue weighted by molar-refractivity contribution is 0.479. The number of para-hydroxylation sites is 1. The molecule has 0 bridgehead atoms. The van der Waals surface area contributed by atoms with E-state index in [0.717, 1.165) is 47.1 Å². The molecule has 7 nitrogen and oxygen atoms in total. The summed E-state index contributed by atoms with van der Waals surface area (Å²) in [4.78, 5) is 2.34. The molecule has 4 heterocycles. The summed E-state index contributed by atoms with van der Waals surface area (Å²) in [7, 11) is 0. The summed E-state index contributed by atoms with van der Waals surface area (Å²) in [6.45, 7) is 2.69. The van der Waals surface area contributed by atoms with Crippen molar-refractivity contribution in [1.29, 1.82) is 0 Å². The van der Waals surface area contributed by atoms with E-state index in [-0.39, 0.29) is 0 Å². The van der Waals surface area contributed by atoms with Crippen LogP contribution in [0.3, 0.4) is 0 Å². The van der Waals surface area contributed by atoms with Crippen molar-refractivity contribution in [3.63, 3.8) is 0 Å². The van der Waals surface area contributed by atoms with Crippen molar-refractivity contribution >= 4 is 17.7 Å². The van der Waals surface area contributed by atoms with Gasteiger partial charge in [-0.2, -0.15) is 5.10 Å². The summed E-state index contributed by atoms with van der Waals surface area (Å²) >= 11 is 1.66. The molecule has 0 N–H and O–H groups in total. The highest BCUT2D eigenvalue weighted by atomic mass is 32.2. The van der Waals surface area contributed by atoms with Crippen LogP contribution < -0.4 is 4.90 Å². The first-order chi connectivity index (χ1) is 14.9. The predicted octanol–water partition coefficient (Wildman–Crippen LogP) is 4.39. The Morgan fingerprint density at radius 2 is 1.80 bits per heavy atom. The molecule has 3 aromatic heterocycles. The fraction of sp³-hybridized carbons (Fsp3) is 0.318.